The summed E-state index contributed by atoms with van der Waals surface area (Å²) < 4.78 is 12.2. The minimum absolute atomic E-state index is 0.247. The largest absolute Gasteiger partial charge is 0.461 e. The summed E-state index contributed by atoms with van der Waals surface area (Å²) in [6, 6.07) is 6.21. The van der Waals surface area contributed by atoms with Crippen LogP contribution in [0.1, 0.15) is 17.4 Å². The van der Waals surface area contributed by atoms with Gasteiger partial charge in [0.05, 0.1) is 6.61 Å². The average molecular weight is 348 g/mol. The van der Waals surface area contributed by atoms with E-state index in [0.717, 1.165) is 12.7 Å². The highest BCUT2D eigenvalue weighted by molar-refractivity contribution is 6.76. The number of hydrogen-bond acceptors (Lipinski definition) is 6. The van der Waals surface area contributed by atoms with Gasteiger partial charge in [-0.2, -0.15) is 0 Å². The van der Waals surface area contributed by atoms with Gasteiger partial charge in [-0.25, -0.2) is 19.4 Å². The number of ether oxygens (including phenoxy) is 2. The predicted molar refractivity (Wildman–Crippen MR) is 93.3 cm³/mol. The van der Waals surface area contributed by atoms with Crippen molar-refractivity contribution >= 4 is 14.0 Å². The normalized spacial score (nSPS) is 11.5. The number of carbonyl (C=O) groups excluding carboxylic acids is 1. The van der Waals surface area contributed by atoms with E-state index in [-0.39, 0.29) is 5.69 Å². The van der Waals surface area contributed by atoms with E-state index in [4.69, 9.17) is 9.47 Å². The monoisotopic (exact) mass is 348 g/mol. The van der Waals surface area contributed by atoms with E-state index in [9.17, 15) is 4.79 Å². The quantitative estimate of drug-likeness (QED) is 0.415. The molecule has 0 amide bonds. The highest BCUT2D eigenvalue weighted by atomic mass is 28.3. The number of aromatic nitrogens is 4. The molecule has 2 rings (SSSR count). The average Bonchev–Trinajstić information content (AvgIpc) is 3.00. The van der Waals surface area contributed by atoms with E-state index in [2.05, 4.69) is 34.7 Å². The highest BCUT2D eigenvalue weighted by Gasteiger charge is 2.13. The highest BCUT2D eigenvalue weighted by Crippen LogP contribution is 2.13. The minimum atomic E-state index is -1.09. The Bertz CT molecular complexity index is 682. The Kier molecular flexibility index (Phi) is 6.21. The van der Waals surface area contributed by atoms with Crippen molar-refractivity contribution in [2.75, 3.05) is 13.2 Å². The van der Waals surface area contributed by atoms with Crippen LogP contribution in [-0.4, -0.2) is 47.0 Å². The zero-order chi connectivity index (χ0) is 17.6. The van der Waals surface area contributed by atoms with Gasteiger partial charge in [0.1, 0.15) is 24.4 Å². The Labute approximate surface area is 143 Å². The summed E-state index contributed by atoms with van der Waals surface area (Å²) in [6.45, 7) is 10.1. The van der Waals surface area contributed by atoms with Crippen molar-refractivity contribution in [3.05, 3.63) is 30.2 Å². The van der Waals surface area contributed by atoms with E-state index in [0.29, 0.717) is 24.9 Å². The maximum absolute atomic E-state index is 11.7. The second-order valence-electron chi connectivity index (χ2n) is 6.58. The van der Waals surface area contributed by atoms with Crippen LogP contribution in [0.3, 0.4) is 0 Å². The van der Waals surface area contributed by atoms with Gasteiger partial charge in [-0.05, 0) is 25.1 Å². The lowest BCUT2D eigenvalue weighted by molar-refractivity contribution is 0.0519. The summed E-state index contributed by atoms with van der Waals surface area (Å²) in [5.41, 5.74) is 0.776. The lowest BCUT2D eigenvalue weighted by atomic mass is 10.3. The Balaban J connectivity index is 1.97. The van der Waals surface area contributed by atoms with Gasteiger partial charge in [0.2, 0.25) is 0 Å². The van der Waals surface area contributed by atoms with Crippen LogP contribution >= 0.6 is 0 Å². The number of pyridine rings is 1. The molecule has 24 heavy (non-hydrogen) atoms. The maximum Gasteiger partial charge on any atom is 0.356 e. The zero-order valence-electron chi connectivity index (χ0n) is 14.7. The molecule has 0 aliphatic heterocycles. The predicted octanol–water partition coefficient (Wildman–Crippen LogP) is 2.83. The molecule has 0 aliphatic rings. The lowest BCUT2D eigenvalue weighted by Gasteiger charge is -2.15. The van der Waals surface area contributed by atoms with E-state index in [1.54, 1.807) is 36.1 Å². The smallest absolute Gasteiger partial charge is 0.356 e. The minimum Gasteiger partial charge on any atom is -0.461 e. The fraction of sp³-hybridized carbons (Fsp3) is 0.500. The molecular formula is C16H24N4O3Si. The van der Waals surface area contributed by atoms with Gasteiger partial charge in [-0.15, -0.1) is 5.10 Å². The SMILES string of the molecule is CCOC(=O)c1cccc(-c2ncn(COCC[Si](C)(C)C)n2)n1. The first-order valence-electron chi connectivity index (χ1n) is 8.01. The van der Waals surface area contributed by atoms with Crippen molar-refractivity contribution in [1.29, 1.82) is 0 Å². The first kappa shape index (κ1) is 18.3. The van der Waals surface area contributed by atoms with E-state index in [1.165, 1.54) is 0 Å². The molecule has 0 saturated carbocycles. The first-order chi connectivity index (χ1) is 11.4. The molecule has 130 valence electrons. The van der Waals surface area contributed by atoms with Crippen LogP contribution < -0.4 is 0 Å². The fourth-order valence-electron chi connectivity index (χ4n) is 1.89. The van der Waals surface area contributed by atoms with Crippen molar-refractivity contribution in [3.8, 4) is 11.5 Å². The third kappa shape index (κ3) is 5.54. The number of esters is 1. The van der Waals surface area contributed by atoms with Gasteiger partial charge in [0.15, 0.2) is 5.82 Å². The molecule has 2 aromatic rings. The lowest BCUT2D eigenvalue weighted by Crippen LogP contribution is -2.22. The summed E-state index contributed by atoms with van der Waals surface area (Å²) >= 11 is 0. The van der Waals surface area contributed by atoms with Gasteiger partial charge in [-0.3, -0.25) is 0 Å². The van der Waals surface area contributed by atoms with Crippen LogP contribution in [0.5, 0.6) is 0 Å². The van der Waals surface area contributed by atoms with Crippen LogP contribution in [0, 0.1) is 0 Å². The molecule has 0 N–H and O–H groups in total. The number of rotatable bonds is 8. The summed E-state index contributed by atoms with van der Waals surface area (Å²) in [5, 5.41) is 4.34. The molecule has 0 saturated heterocycles. The van der Waals surface area contributed by atoms with E-state index < -0.39 is 14.0 Å². The maximum atomic E-state index is 11.7. The summed E-state index contributed by atoms with van der Waals surface area (Å²) in [7, 11) is -1.09. The molecule has 0 atom stereocenters. The van der Waals surface area contributed by atoms with Gasteiger partial charge >= 0.3 is 5.97 Å². The second-order valence-corrected chi connectivity index (χ2v) is 12.2. The van der Waals surface area contributed by atoms with Crippen LogP contribution in [0.25, 0.3) is 11.5 Å². The zero-order valence-corrected chi connectivity index (χ0v) is 15.7. The summed E-state index contributed by atoms with van der Waals surface area (Å²) in [5.74, 6) is 0.00316. The van der Waals surface area contributed by atoms with Gasteiger partial charge in [0.25, 0.3) is 0 Å². The third-order valence-electron chi connectivity index (χ3n) is 3.22. The molecule has 0 fully saturated rings. The molecule has 0 spiro atoms. The first-order valence-corrected chi connectivity index (χ1v) is 11.7. The van der Waals surface area contributed by atoms with Crippen molar-refractivity contribution in [1.82, 2.24) is 19.7 Å². The van der Waals surface area contributed by atoms with Crippen LogP contribution in [0.4, 0.5) is 0 Å². The Morgan fingerprint density at radius 1 is 1.29 bits per heavy atom. The molecule has 0 bridgehead atoms. The molecule has 7 nitrogen and oxygen atoms in total. The third-order valence-corrected chi connectivity index (χ3v) is 4.92. The van der Waals surface area contributed by atoms with Gasteiger partial charge < -0.3 is 9.47 Å². The number of nitrogens with zero attached hydrogens (tertiary/aromatic N) is 4. The molecular weight excluding hydrogens is 324 g/mol. The van der Waals surface area contributed by atoms with Crippen molar-refractivity contribution in [2.24, 2.45) is 0 Å². The molecule has 8 heteroatoms. The van der Waals surface area contributed by atoms with Crippen molar-refractivity contribution in [3.63, 3.8) is 0 Å². The van der Waals surface area contributed by atoms with Crippen LogP contribution in [-0.2, 0) is 16.2 Å². The molecule has 0 aliphatic carbocycles. The van der Waals surface area contributed by atoms with E-state index in [1.807, 2.05) is 0 Å². The Hall–Kier alpha value is -2.06. The topological polar surface area (TPSA) is 79.1 Å². The number of carbonyl (C=O) groups is 1. The molecule has 0 aromatic carbocycles. The van der Waals surface area contributed by atoms with Crippen LogP contribution in [0.2, 0.25) is 25.7 Å². The molecule has 0 unspecified atom stereocenters. The molecule has 0 radical (unpaired) electrons. The molecule has 2 heterocycles. The second kappa shape index (κ2) is 8.16. The molecule has 2 aromatic heterocycles. The van der Waals surface area contributed by atoms with Gasteiger partial charge in [-0.1, -0.05) is 25.7 Å². The van der Waals surface area contributed by atoms with Crippen molar-refractivity contribution < 1.29 is 14.3 Å². The summed E-state index contributed by atoms with van der Waals surface area (Å²) in [6.07, 6.45) is 1.60. The van der Waals surface area contributed by atoms with E-state index >= 15 is 0 Å². The van der Waals surface area contributed by atoms with Gasteiger partial charge in [0, 0.05) is 14.7 Å². The standard InChI is InChI=1S/C16H24N4O3Si/c1-5-23-16(21)14-8-6-7-13(18-14)15-17-11-20(19-15)12-22-9-10-24(2,3)4/h6-8,11H,5,9-10,12H2,1-4H3. The van der Waals surface area contributed by atoms with Crippen molar-refractivity contribution in [2.45, 2.75) is 39.3 Å². The Morgan fingerprint density at radius 3 is 2.79 bits per heavy atom. The number of hydrogen-bond donors (Lipinski definition) is 0. The van der Waals surface area contributed by atoms with Crippen LogP contribution in [0.15, 0.2) is 24.5 Å². The Morgan fingerprint density at radius 2 is 2.08 bits per heavy atom. The fourth-order valence-corrected chi connectivity index (χ4v) is 2.65. The summed E-state index contributed by atoms with van der Waals surface area (Å²) in [4.78, 5) is 20.2.